The Morgan fingerprint density at radius 2 is 2.06 bits per heavy atom. The van der Waals surface area contributed by atoms with Crippen LogP contribution >= 0.6 is 0 Å². The molecule has 0 heterocycles. The van der Waals surface area contributed by atoms with Crippen LogP contribution < -0.4 is 9.64 Å². The summed E-state index contributed by atoms with van der Waals surface area (Å²) in [5.74, 6) is 0.716. The van der Waals surface area contributed by atoms with Crippen LogP contribution in [0.1, 0.15) is 19.3 Å². The maximum absolute atomic E-state index is 11.9. The van der Waals surface area contributed by atoms with Gasteiger partial charge in [-0.1, -0.05) is 12.1 Å². The number of unbranched alkanes of at least 4 members (excludes halogenated alkanes) is 1. The molecule has 4 heteroatoms. The van der Waals surface area contributed by atoms with Gasteiger partial charge in [-0.25, -0.2) is 0 Å². The lowest BCUT2D eigenvalue weighted by atomic mass is 10.2. The first-order valence-corrected chi connectivity index (χ1v) is 5.71. The zero-order valence-corrected chi connectivity index (χ0v) is 10.3. The van der Waals surface area contributed by atoms with Crippen molar-refractivity contribution < 1.29 is 14.6 Å². The minimum atomic E-state index is 0.0305. The summed E-state index contributed by atoms with van der Waals surface area (Å²) in [6.07, 6.45) is 1.80. The molecule has 94 valence electrons. The highest BCUT2D eigenvalue weighted by atomic mass is 16.5. The van der Waals surface area contributed by atoms with Crippen LogP contribution in [0.4, 0.5) is 5.69 Å². The molecule has 0 unspecified atom stereocenters. The van der Waals surface area contributed by atoms with E-state index in [-0.39, 0.29) is 12.5 Å². The number of amides is 1. The van der Waals surface area contributed by atoms with Crippen molar-refractivity contribution >= 4 is 11.6 Å². The molecule has 1 aromatic rings. The summed E-state index contributed by atoms with van der Waals surface area (Å²) in [6, 6.07) is 7.41. The molecule has 0 saturated carbocycles. The number of anilines is 1. The Morgan fingerprint density at radius 3 is 2.71 bits per heavy atom. The fourth-order valence-electron chi connectivity index (χ4n) is 1.60. The van der Waals surface area contributed by atoms with Crippen molar-refractivity contribution in [2.24, 2.45) is 0 Å². The molecule has 0 bridgehead atoms. The average molecular weight is 237 g/mol. The van der Waals surface area contributed by atoms with E-state index in [0.717, 1.165) is 5.69 Å². The third-order valence-corrected chi connectivity index (χ3v) is 2.62. The van der Waals surface area contributed by atoms with Crippen LogP contribution in [0.3, 0.4) is 0 Å². The van der Waals surface area contributed by atoms with Crippen LogP contribution in [0.2, 0.25) is 0 Å². The number of nitrogens with zero attached hydrogens (tertiary/aromatic N) is 1. The molecule has 0 atom stereocenters. The van der Waals surface area contributed by atoms with Crippen molar-refractivity contribution in [2.45, 2.75) is 19.3 Å². The summed E-state index contributed by atoms with van der Waals surface area (Å²) in [4.78, 5) is 13.5. The van der Waals surface area contributed by atoms with E-state index in [1.165, 1.54) is 0 Å². The number of methoxy groups -OCH3 is 1. The Morgan fingerprint density at radius 1 is 1.35 bits per heavy atom. The maximum atomic E-state index is 11.9. The molecule has 0 aliphatic heterocycles. The lowest BCUT2D eigenvalue weighted by molar-refractivity contribution is -0.118. The number of carbonyl (C=O) groups is 1. The van der Waals surface area contributed by atoms with Crippen molar-refractivity contribution in [3.63, 3.8) is 0 Å². The van der Waals surface area contributed by atoms with Crippen LogP contribution in [0.15, 0.2) is 24.3 Å². The number of aliphatic hydroxyl groups excluding tert-OH is 1. The van der Waals surface area contributed by atoms with Crippen molar-refractivity contribution in [2.75, 3.05) is 25.7 Å². The van der Waals surface area contributed by atoms with Gasteiger partial charge in [0.2, 0.25) is 5.91 Å². The largest absolute Gasteiger partial charge is 0.495 e. The van der Waals surface area contributed by atoms with Gasteiger partial charge in [0, 0.05) is 20.1 Å². The minimum Gasteiger partial charge on any atom is -0.495 e. The van der Waals surface area contributed by atoms with Gasteiger partial charge in [0.05, 0.1) is 12.8 Å². The van der Waals surface area contributed by atoms with E-state index in [0.29, 0.717) is 25.0 Å². The van der Waals surface area contributed by atoms with Crippen molar-refractivity contribution in [3.8, 4) is 5.75 Å². The van der Waals surface area contributed by atoms with Crippen molar-refractivity contribution in [1.82, 2.24) is 0 Å². The number of benzene rings is 1. The summed E-state index contributed by atoms with van der Waals surface area (Å²) >= 11 is 0. The number of para-hydroxylation sites is 2. The Balaban J connectivity index is 2.67. The van der Waals surface area contributed by atoms with Gasteiger partial charge in [-0.3, -0.25) is 4.79 Å². The van der Waals surface area contributed by atoms with Gasteiger partial charge in [0.1, 0.15) is 5.75 Å². The number of hydrogen-bond acceptors (Lipinski definition) is 3. The molecule has 1 aromatic carbocycles. The van der Waals surface area contributed by atoms with Crippen LogP contribution in [0.5, 0.6) is 5.75 Å². The first-order valence-electron chi connectivity index (χ1n) is 5.71. The molecule has 1 rings (SSSR count). The summed E-state index contributed by atoms with van der Waals surface area (Å²) in [7, 11) is 3.32. The quantitative estimate of drug-likeness (QED) is 0.768. The molecule has 4 nitrogen and oxygen atoms in total. The van der Waals surface area contributed by atoms with E-state index in [2.05, 4.69) is 0 Å². The standard InChI is InChI=1S/C13H19NO3/c1-14(13(16)9-5-6-10-15)11-7-3-4-8-12(11)17-2/h3-4,7-8,15H,5-6,9-10H2,1-2H3. The van der Waals surface area contributed by atoms with E-state index >= 15 is 0 Å². The van der Waals surface area contributed by atoms with Gasteiger partial charge in [0.25, 0.3) is 0 Å². The molecule has 0 saturated heterocycles. The van der Waals surface area contributed by atoms with Gasteiger partial charge < -0.3 is 14.7 Å². The average Bonchev–Trinajstić information content (AvgIpc) is 2.38. The summed E-state index contributed by atoms with van der Waals surface area (Å²) in [5.41, 5.74) is 0.768. The zero-order valence-electron chi connectivity index (χ0n) is 10.3. The molecule has 0 fully saturated rings. The molecule has 0 spiro atoms. The van der Waals surface area contributed by atoms with Crippen LogP contribution in [-0.2, 0) is 4.79 Å². The van der Waals surface area contributed by atoms with E-state index < -0.39 is 0 Å². The summed E-state index contributed by atoms with van der Waals surface area (Å²) in [5, 5.41) is 8.67. The molecule has 0 aromatic heterocycles. The summed E-state index contributed by atoms with van der Waals surface area (Å²) < 4.78 is 5.21. The highest BCUT2D eigenvalue weighted by Crippen LogP contribution is 2.27. The molecular weight excluding hydrogens is 218 g/mol. The molecule has 17 heavy (non-hydrogen) atoms. The smallest absolute Gasteiger partial charge is 0.226 e. The number of aliphatic hydroxyl groups is 1. The van der Waals surface area contributed by atoms with Crippen molar-refractivity contribution in [3.05, 3.63) is 24.3 Å². The second-order valence-electron chi connectivity index (χ2n) is 3.81. The van der Waals surface area contributed by atoms with Crippen LogP contribution in [0.25, 0.3) is 0 Å². The second kappa shape index (κ2) is 6.91. The fraction of sp³-hybridized carbons (Fsp3) is 0.462. The third-order valence-electron chi connectivity index (χ3n) is 2.62. The highest BCUT2D eigenvalue weighted by Gasteiger charge is 2.13. The first-order chi connectivity index (χ1) is 8.20. The summed E-state index contributed by atoms with van der Waals surface area (Å²) in [6.45, 7) is 0.131. The molecule has 0 aliphatic carbocycles. The topological polar surface area (TPSA) is 49.8 Å². The number of hydrogen-bond donors (Lipinski definition) is 1. The molecule has 1 N–H and O–H groups in total. The molecule has 1 amide bonds. The Labute approximate surface area is 102 Å². The Hall–Kier alpha value is -1.55. The van der Waals surface area contributed by atoms with Crippen LogP contribution in [-0.4, -0.2) is 31.8 Å². The predicted octanol–water partition coefficient (Wildman–Crippen LogP) is 1.82. The van der Waals surface area contributed by atoms with Crippen molar-refractivity contribution in [1.29, 1.82) is 0 Å². The second-order valence-corrected chi connectivity index (χ2v) is 3.81. The Bertz CT molecular complexity index is 365. The number of carbonyl (C=O) groups excluding carboxylic acids is 1. The monoisotopic (exact) mass is 237 g/mol. The lowest BCUT2D eigenvalue weighted by Crippen LogP contribution is -2.26. The van der Waals surface area contributed by atoms with Crippen LogP contribution in [0, 0.1) is 0 Å². The van der Waals surface area contributed by atoms with Gasteiger partial charge in [-0.05, 0) is 25.0 Å². The zero-order chi connectivity index (χ0) is 12.7. The van der Waals surface area contributed by atoms with Gasteiger partial charge in [0.15, 0.2) is 0 Å². The van der Waals surface area contributed by atoms with E-state index in [1.807, 2.05) is 24.3 Å². The first kappa shape index (κ1) is 13.5. The molecular formula is C13H19NO3. The maximum Gasteiger partial charge on any atom is 0.226 e. The van der Waals surface area contributed by atoms with E-state index in [9.17, 15) is 4.79 Å². The van der Waals surface area contributed by atoms with E-state index in [4.69, 9.17) is 9.84 Å². The van der Waals surface area contributed by atoms with Gasteiger partial charge >= 0.3 is 0 Å². The normalized spacial score (nSPS) is 10.1. The predicted molar refractivity (Wildman–Crippen MR) is 67.3 cm³/mol. The highest BCUT2D eigenvalue weighted by molar-refractivity contribution is 5.94. The van der Waals surface area contributed by atoms with E-state index in [1.54, 1.807) is 19.1 Å². The molecule has 0 radical (unpaired) electrons. The SMILES string of the molecule is COc1ccccc1N(C)C(=O)CCCCO. The lowest BCUT2D eigenvalue weighted by Gasteiger charge is -2.19. The number of rotatable bonds is 6. The van der Waals surface area contributed by atoms with Gasteiger partial charge in [-0.15, -0.1) is 0 Å². The van der Waals surface area contributed by atoms with Gasteiger partial charge in [-0.2, -0.15) is 0 Å². The minimum absolute atomic E-state index is 0.0305. The molecule has 0 aliphatic rings. The number of ether oxygens (including phenoxy) is 1. The Kier molecular flexibility index (Phi) is 5.49. The third kappa shape index (κ3) is 3.75. The fourth-order valence-corrected chi connectivity index (χ4v) is 1.60.